The van der Waals surface area contributed by atoms with Gasteiger partial charge in [-0.25, -0.2) is 9.59 Å². The molecule has 0 radical (unpaired) electrons. The van der Waals surface area contributed by atoms with E-state index in [9.17, 15) is 35.9 Å². The van der Waals surface area contributed by atoms with E-state index in [0.29, 0.717) is 36.9 Å². The van der Waals surface area contributed by atoms with Gasteiger partial charge in [-0.3, -0.25) is 0 Å². The summed E-state index contributed by atoms with van der Waals surface area (Å²) in [6, 6.07) is 16.0. The first-order chi connectivity index (χ1) is 25.5. The average molecular weight is 925 g/mol. The first kappa shape index (κ1) is 51.2. The van der Waals surface area contributed by atoms with Gasteiger partial charge in [0, 0.05) is 55.2 Å². The molecule has 4 aromatic rings. The number of benzene rings is 4. The van der Waals surface area contributed by atoms with Gasteiger partial charge in [0.15, 0.2) is 11.2 Å². The van der Waals surface area contributed by atoms with E-state index in [1.165, 1.54) is 12.1 Å². The van der Waals surface area contributed by atoms with Crippen LogP contribution in [-0.4, -0.2) is 46.5 Å². The zero-order valence-electron chi connectivity index (χ0n) is 30.5. The van der Waals surface area contributed by atoms with Crippen molar-refractivity contribution in [2.75, 3.05) is 7.11 Å². The SMILES string of the molecule is CC1(c2cc(Cl)cc(Cl)c2)CC(c2ccc(C(=O)O)c(C(F)(F)F)c2)=NO1.COC(=O)c1ccc(C2=NOC(C)(c3cc(Cl)cc(Cl)c3)C2)cc1C(F)(F)F.O.[K+].[OH-]. The molecule has 2 unspecified atom stereocenters. The van der Waals surface area contributed by atoms with Crippen molar-refractivity contribution in [1.82, 2.24) is 0 Å². The second kappa shape index (κ2) is 19.6. The standard InChI is InChI=1S/C19H14Cl2F3NO3.C18H12Cl2F3NO3.K.2H2O/c1-18(11-6-12(20)8-13(21)7-11)9-16(25-28-18)10-3-4-14(17(26)27-2)15(5-10)19(22,23)24;1-17(10-5-11(19)7-12(20)6-10)8-15(24-27-17)9-2-3-13(16(25)26)14(4-9)18(21,22)23;;;/h3-8H,9H2,1-2H3;2-7H,8H2,1H3,(H,25,26);;2*1H2/q;;+1;;/p-1. The molecule has 4 aromatic carbocycles. The number of ether oxygens (including phenoxy) is 1. The quantitative estimate of drug-likeness (QED) is 0.118. The molecule has 0 aliphatic carbocycles. The van der Waals surface area contributed by atoms with E-state index >= 15 is 0 Å². The van der Waals surface area contributed by atoms with Crippen molar-refractivity contribution in [3.8, 4) is 0 Å². The number of carbonyl (C=O) groups excluding carboxylic acids is 1. The number of carbonyl (C=O) groups is 2. The molecule has 0 aromatic heterocycles. The van der Waals surface area contributed by atoms with Crippen LogP contribution in [0.2, 0.25) is 20.1 Å². The minimum atomic E-state index is -4.81. The third kappa shape index (κ3) is 11.7. The summed E-state index contributed by atoms with van der Waals surface area (Å²) in [7, 11) is 1.02. The molecule has 4 N–H and O–H groups in total. The monoisotopic (exact) mass is 922 g/mol. The summed E-state index contributed by atoms with van der Waals surface area (Å²) in [5.41, 5.74) is -3.48. The summed E-state index contributed by atoms with van der Waals surface area (Å²) >= 11 is 24.1. The fraction of sp³-hybridized carbons (Fsp3) is 0.243. The Hall–Kier alpha value is -2.94. The number of aromatic carboxylic acids is 1. The maximum absolute atomic E-state index is 13.4. The third-order valence-electron chi connectivity index (χ3n) is 8.62. The molecule has 0 bridgehead atoms. The Morgan fingerprint density at radius 1 is 0.672 bits per heavy atom. The minimum Gasteiger partial charge on any atom is -0.870 e. The molecule has 58 heavy (non-hydrogen) atoms. The van der Waals surface area contributed by atoms with Gasteiger partial charge in [0.25, 0.3) is 0 Å². The number of carboxylic acid groups (broad SMARTS) is 1. The molecule has 0 saturated carbocycles. The average Bonchev–Trinajstić information content (AvgIpc) is 3.70. The van der Waals surface area contributed by atoms with Crippen molar-refractivity contribution in [2.45, 2.75) is 50.2 Å². The number of esters is 1. The molecule has 6 rings (SSSR count). The van der Waals surface area contributed by atoms with Crippen molar-refractivity contribution in [2.24, 2.45) is 10.3 Å². The molecule has 0 amide bonds. The molecule has 2 aliphatic rings. The Kier molecular flexibility index (Phi) is 17.3. The smallest absolute Gasteiger partial charge is 0.870 e. The number of hydrogen-bond donors (Lipinski definition) is 1. The second-order valence-electron chi connectivity index (χ2n) is 12.7. The summed E-state index contributed by atoms with van der Waals surface area (Å²) in [5.74, 6) is -2.72. The van der Waals surface area contributed by atoms with E-state index < -0.39 is 57.7 Å². The molecule has 2 atom stereocenters. The van der Waals surface area contributed by atoms with Crippen molar-refractivity contribution in [3.05, 3.63) is 137 Å². The maximum atomic E-state index is 13.4. The molecule has 2 aliphatic heterocycles. The summed E-state index contributed by atoms with van der Waals surface area (Å²) < 4.78 is 84.3. The number of oxime groups is 2. The Morgan fingerprint density at radius 3 is 1.34 bits per heavy atom. The maximum Gasteiger partial charge on any atom is 1.00 e. The predicted molar refractivity (Wildman–Crippen MR) is 199 cm³/mol. The van der Waals surface area contributed by atoms with Gasteiger partial charge >= 0.3 is 75.7 Å². The van der Waals surface area contributed by atoms with E-state index in [1.54, 1.807) is 50.2 Å². The van der Waals surface area contributed by atoms with Crippen LogP contribution >= 0.6 is 46.4 Å². The molecular formula is C37H29Cl4F6KN2O8. The summed E-state index contributed by atoms with van der Waals surface area (Å²) in [6.07, 6.45) is -9.19. The first-order valence-corrected chi connectivity index (χ1v) is 17.2. The first-order valence-electron chi connectivity index (χ1n) is 15.7. The van der Waals surface area contributed by atoms with Crippen LogP contribution in [0.25, 0.3) is 0 Å². The Labute approximate surface area is 389 Å². The van der Waals surface area contributed by atoms with Gasteiger partial charge in [-0.15, -0.1) is 0 Å². The number of methoxy groups -OCH3 is 1. The van der Waals surface area contributed by atoms with E-state index in [0.717, 1.165) is 31.4 Å². The Morgan fingerprint density at radius 2 is 1.02 bits per heavy atom. The van der Waals surface area contributed by atoms with Gasteiger partial charge < -0.3 is 30.5 Å². The molecular weight excluding hydrogens is 895 g/mol. The van der Waals surface area contributed by atoms with Crippen LogP contribution in [0, 0.1) is 0 Å². The molecule has 0 saturated heterocycles. The van der Waals surface area contributed by atoms with Crippen LogP contribution in [0.3, 0.4) is 0 Å². The summed E-state index contributed by atoms with van der Waals surface area (Å²) in [4.78, 5) is 33.7. The normalized spacial score (nSPS) is 18.4. The van der Waals surface area contributed by atoms with E-state index in [-0.39, 0.29) is 92.0 Å². The van der Waals surface area contributed by atoms with Crippen molar-refractivity contribution in [1.29, 1.82) is 0 Å². The molecule has 0 spiro atoms. The number of hydrogen-bond acceptors (Lipinski definition) is 8. The van der Waals surface area contributed by atoms with Crippen molar-refractivity contribution >= 4 is 69.8 Å². The molecule has 10 nitrogen and oxygen atoms in total. The van der Waals surface area contributed by atoms with Crippen LogP contribution < -0.4 is 51.4 Å². The number of rotatable bonds is 6. The van der Waals surface area contributed by atoms with Crippen LogP contribution in [-0.2, 0) is 38.0 Å². The van der Waals surface area contributed by atoms with E-state index in [4.69, 9.17) is 61.2 Å². The molecule has 0 fully saturated rings. The van der Waals surface area contributed by atoms with Gasteiger partial charge in [-0.2, -0.15) is 26.3 Å². The van der Waals surface area contributed by atoms with Crippen molar-refractivity contribution < 1.29 is 118 Å². The number of alkyl halides is 6. The second-order valence-corrected chi connectivity index (χ2v) is 14.4. The van der Waals surface area contributed by atoms with Crippen LogP contribution in [0.15, 0.2) is 83.1 Å². The fourth-order valence-corrected chi connectivity index (χ4v) is 6.86. The van der Waals surface area contributed by atoms with Crippen molar-refractivity contribution in [3.63, 3.8) is 0 Å². The van der Waals surface area contributed by atoms with Gasteiger partial charge in [0.2, 0.25) is 0 Å². The minimum absolute atomic E-state index is 0. The van der Waals surface area contributed by atoms with E-state index in [1.807, 2.05) is 0 Å². The Balaban J connectivity index is 0.000000381. The molecule has 2 heterocycles. The zero-order valence-corrected chi connectivity index (χ0v) is 36.6. The van der Waals surface area contributed by atoms with Crippen LogP contribution in [0.5, 0.6) is 0 Å². The van der Waals surface area contributed by atoms with Gasteiger partial charge in [-0.1, -0.05) is 68.8 Å². The van der Waals surface area contributed by atoms with Gasteiger partial charge in [-0.05, 0) is 74.5 Å². The molecule has 306 valence electrons. The number of carboxylic acids is 1. The fourth-order valence-electron chi connectivity index (χ4n) is 5.81. The van der Waals surface area contributed by atoms with Crippen LogP contribution in [0.1, 0.15) is 80.8 Å². The van der Waals surface area contributed by atoms with E-state index in [2.05, 4.69) is 15.0 Å². The summed E-state index contributed by atoms with van der Waals surface area (Å²) in [6.45, 7) is 3.45. The van der Waals surface area contributed by atoms with Gasteiger partial charge in [0.1, 0.15) is 0 Å². The zero-order chi connectivity index (χ0) is 40.7. The van der Waals surface area contributed by atoms with Gasteiger partial charge in [0.05, 0.1) is 40.8 Å². The summed E-state index contributed by atoms with van der Waals surface area (Å²) in [5, 5.41) is 18.4. The topological polar surface area (TPSA) is 168 Å². The molecule has 21 heteroatoms. The number of nitrogens with zero attached hydrogens (tertiary/aromatic N) is 2. The Bertz CT molecular complexity index is 2220. The number of halogens is 10. The predicted octanol–water partition coefficient (Wildman–Crippen LogP) is 7.59. The largest absolute Gasteiger partial charge is 1.00 e. The third-order valence-corrected chi connectivity index (χ3v) is 9.50. The van der Waals surface area contributed by atoms with Crippen LogP contribution in [0.4, 0.5) is 26.3 Å².